The van der Waals surface area contributed by atoms with Gasteiger partial charge in [0.15, 0.2) is 6.10 Å². The molecule has 0 rings (SSSR count). The van der Waals surface area contributed by atoms with E-state index in [1.165, 1.54) is 270 Å². The van der Waals surface area contributed by atoms with Crippen LogP contribution in [0.15, 0.2) is 48.6 Å². The summed E-state index contributed by atoms with van der Waals surface area (Å²) in [6.45, 7) is 6.67. The van der Waals surface area contributed by atoms with Gasteiger partial charge >= 0.3 is 17.9 Å². The van der Waals surface area contributed by atoms with Crippen LogP contribution in [-0.2, 0) is 28.6 Å². The number of unbranched alkanes of at least 4 members (excludes halogenated alkanes) is 46. The SMILES string of the molecule is CCCCCCC/C=C\C/C=C\C/C=C\CCCCCCCCCCCCCCCCCCC(=O)OCC(COC(=O)CCCCCCCCCCCCC)OC(=O)CCCCCCCCCCC/C=C\CCCCCCCC. The first-order chi connectivity index (χ1) is 39.0. The fourth-order valence-electron chi connectivity index (χ4n) is 10.5. The van der Waals surface area contributed by atoms with Crippen molar-refractivity contribution in [3.05, 3.63) is 48.6 Å². The zero-order valence-electron chi connectivity index (χ0n) is 53.2. The fourth-order valence-corrected chi connectivity index (χ4v) is 10.5. The first kappa shape index (κ1) is 76.4. The Morgan fingerprint density at radius 2 is 0.456 bits per heavy atom. The van der Waals surface area contributed by atoms with Crippen LogP contribution >= 0.6 is 0 Å². The monoisotopic (exact) mass is 1110 g/mol. The lowest BCUT2D eigenvalue weighted by Crippen LogP contribution is -2.30. The van der Waals surface area contributed by atoms with Gasteiger partial charge in [0.05, 0.1) is 0 Å². The molecule has 0 aliphatic heterocycles. The van der Waals surface area contributed by atoms with Crippen molar-refractivity contribution in [1.82, 2.24) is 0 Å². The second-order valence-corrected chi connectivity index (χ2v) is 23.8. The second kappa shape index (κ2) is 67.9. The summed E-state index contributed by atoms with van der Waals surface area (Å²) in [6, 6.07) is 0. The van der Waals surface area contributed by atoms with Gasteiger partial charge in [-0.05, 0) is 83.5 Å². The summed E-state index contributed by atoms with van der Waals surface area (Å²) in [5.41, 5.74) is 0. The van der Waals surface area contributed by atoms with Crippen LogP contribution in [0.25, 0.3) is 0 Å². The molecule has 6 nitrogen and oxygen atoms in total. The van der Waals surface area contributed by atoms with Gasteiger partial charge in [-0.1, -0.05) is 326 Å². The number of allylic oxidation sites excluding steroid dienone is 8. The lowest BCUT2D eigenvalue weighted by atomic mass is 10.0. The highest BCUT2D eigenvalue weighted by Crippen LogP contribution is 2.18. The molecule has 79 heavy (non-hydrogen) atoms. The van der Waals surface area contributed by atoms with E-state index in [-0.39, 0.29) is 31.1 Å². The van der Waals surface area contributed by atoms with Crippen LogP contribution in [0.3, 0.4) is 0 Å². The Bertz CT molecular complexity index is 1360. The predicted molar refractivity (Wildman–Crippen MR) is 344 cm³/mol. The molecule has 0 bridgehead atoms. The van der Waals surface area contributed by atoms with Crippen LogP contribution in [0.4, 0.5) is 0 Å². The summed E-state index contributed by atoms with van der Waals surface area (Å²) in [5.74, 6) is -0.847. The molecule has 462 valence electrons. The molecule has 0 amide bonds. The quantitative estimate of drug-likeness (QED) is 0.0261. The highest BCUT2D eigenvalue weighted by atomic mass is 16.6. The number of carbonyl (C=O) groups is 3. The molecule has 6 heteroatoms. The lowest BCUT2D eigenvalue weighted by Gasteiger charge is -2.18. The van der Waals surface area contributed by atoms with Crippen LogP contribution in [0.2, 0.25) is 0 Å². The summed E-state index contributed by atoms with van der Waals surface area (Å²) >= 11 is 0. The number of ether oxygens (including phenoxy) is 3. The number of esters is 3. The third-order valence-electron chi connectivity index (χ3n) is 15.8. The van der Waals surface area contributed by atoms with Crippen molar-refractivity contribution in [3.8, 4) is 0 Å². The van der Waals surface area contributed by atoms with E-state index in [1.54, 1.807) is 0 Å². The van der Waals surface area contributed by atoms with Gasteiger partial charge in [0.1, 0.15) is 13.2 Å². The minimum absolute atomic E-state index is 0.0685. The normalized spacial score (nSPS) is 12.3. The molecular formula is C73H134O6. The molecule has 0 aliphatic carbocycles. The Kier molecular flexibility index (Phi) is 65.6. The Hall–Kier alpha value is -2.63. The maximum absolute atomic E-state index is 12.9. The second-order valence-electron chi connectivity index (χ2n) is 23.8. The molecule has 0 aromatic heterocycles. The van der Waals surface area contributed by atoms with Gasteiger partial charge in [-0.3, -0.25) is 14.4 Å². The topological polar surface area (TPSA) is 78.9 Å². The first-order valence-corrected chi connectivity index (χ1v) is 35.1. The zero-order valence-corrected chi connectivity index (χ0v) is 53.2. The van der Waals surface area contributed by atoms with Gasteiger partial charge in [-0.2, -0.15) is 0 Å². The van der Waals surface area contributed by atoms with E-state index in [2.05, 4.69) is 69.4 Å². The first-order valence-electron chi connectivity index (χ1n) is 35.1. The molecule has 0 saturated carbocycles. The predicted octanol–water partition coefficient (Wildman–Crippen LogP) is 24.1. The number of rotatable bonds is 65. The third-order valence-corrected chi connectivity index (χ3v) is 15.8. The molecule has 0 aliphatic rings. The molecule has 0 fully saturated rings. The van der Waals surface area contributed by atoms with E-state index < -0.39 is 6.10 Å². The van der Waals surface area contributed by atoms with Crippen LogP contribution in [0, 0.1) is 0 Å². The summed E-state index contributed by atoms with van der Waals surface area (Å²) < 4.78 is 17.0. The van der Waals surface area contributed by atoms with Gasteiger partial charge < -0.3 is 14.2 Å². The van der Waals surface area contributed by atoms with Gasteiger partial charge in [-0.15, -0.1) is 0 Å². The van der Waals surface area contributed by atoms with Gasteiger partial charge in [-0.25, -0.2) is 0 Å². The van der Waals surface area contributed by atoms with E-state index in [1.807, 2.05) is 0 Å². The van der Waals surface area contributed by atoms with Crippen molar-refractivity contribution in [2.45, 2.75) is 386 Å². The highest BCUT2D eigenvalue weighted by Gasteiger charge is 2.19. The summed E-state index contributed by atoms with van der Waals surface area (Å²) in [7, 11) is 0. The smallest absolute Gasteiger partial charge is 0.306 e. The average molecular weight is 1110 g/mol. The van der Waals surface area contributed by atoms with E-state index in [0.29, 0.717) is 19.3 Å². The van der Waals surface area contributed by atoms with E-state index >= 15 is 0 Å². The molecule has 0 spiro atoms. The van der Waals surface area contributed by atoms with E-state index in [9.17, 15) is 14.4 Å². The van der Waals surface area contributed by atoms with E-state index in [0.717, 1.165) is 70.6 Å². The molecule has 0 N–H and O–H groups in total. The molecule has 0 saturated heterocycles. The van der Waals surface area contributed by atoms with Crippen LogP contribution in [0.1, 0.15) is 380 Å². The van der Waals surface area contributed by atoms with Crippen molar-refractivity contribution in [1.29, 1.82) is 0 Å². The van der Waals surface area contributed by atoms with Gasteiger partial charge in [0.25, 0.3) is 0 Å². The molecule has 0 aromatic carbocycles. The summed E-state index contributed by atoms with van der Waals surface area (Å²) in [4.78, 5) is 38.3. The highest BCUT2D eigenvalue weighted by molar-refractivity contribution is 5.71. The standard InChI is InChI=1S/C73H134O6/c1-4-7-10-13-16-19-22-24-26-28-30-31-32-33-34-35-36-37-38-39-40-41-43-44-46-48-51-54-57-60-63-66-72(75)78-69-70(68-77-71(74)65-62-59-56-53-50-21-18-15-12-9-6-3)79-73(76)67-64-61-58-55-52-49-47-45-42-29-27-25-23-20-17-14-11-8-5-2/h22,24-25,27-28,30,32-33,70H,4-21,23,26,29,31,34-69H2,1-3H3/b24-22-,27-25-,30-28-,33-32-. The largest absolute Gasteiger partial charge is 0.462 e. The minimum Gasteiger partial charge on any atom is -0.462 e. The maximum atomic E-state index is 12.9. The van der Waals surface area contributed by atoms with E-state index in [4.69, 9.17) is 14.2 Å². The summed E-state index contributed by atoms with van der Waals surface area (Å²) in [5, 5.41) is 0. The Balaban J connectivity index is 4.14. The summed E-state index contributed by atoms with van der Waals surface area (Å²) in [6.07, 6.45) is 85.7. The number of hydrogen-bond acceptors (Lipinski definition) is 6. The van der Waals surface area contributed by atoms with Crippen molar-refractivity contribution in [2.75, 3.05) is 13.2 Å². The van der Waals surface area contributed by atoms with Crippen molar-refractivity contribution in [3.63, 3.8) is 0 Å². The molecule has 0 aromatic rings. The van der Waals surface area contributed by atoms with Gasteiger partial charge in [0, 0.05) is 19.3 Å². The molecule has 0 heterocycles. The fraction of sp³-hybridized carbons (Fsp3) is 0.849. The third kappa shape index (κ3) is 66.1. The Morgan fingerprint density at radius 1 is 0.253 bits per heavy atom. The Morgan fingerprint density at radius 3 is 0.722 bits per heavy atom. The molecular weight excluding hydrogens is 973 g/mol. The lowest BCUT2D eigenvalue weighted by molar-refractivity contribution is -0.167. The molecule has 1 atom stereocenters. The van der Waals surface area contributed by atoms with Gasteiger partial charge in [0.2, 0.25) is 0 Å². The van der Waals surface area contributed by atoms with Crippen molar-refractivity contribution in [2.24, 2.45) is 0 Å². The zero-order chi connectivity index (χ0) is 57.1. The number of carbonyl (C=O) groups excluding carboxylic acids is 3. The number of hydrogen-bond donors (Lipinski definition) is 0. The maximum Gasteiger partial charge on any atom is 0.306 e. The van der Waals surface area contributed by atoms with Crippen molar-refractivity contribution < 1.29 is 28.6 Å². The molecule has 1 unspecified atom stereocenters. The average Bonchev–Trinajstić information content (AvgIpc) is 3.45. The minimum atomic E-state index is -0.771. The van der Waals surface area contributed by atoms with Crippen molar-refractivity contribution >= 4 is 17.9 Å². The van der Waals surface area contributed by atoms with Crippen LogP contribution in [0.5, 0.6) is 0 Å². The van der Waals surface area contributed by atoms with Crippen LogP contribution in [-0.4, -0.2) is 37.2 Å². The molecule has 0 radical (unpaired) electrons. The van der Waals surface area contributed by atoms with Crippen LogP contribution < -0.4 is 0 Å². The Labute approximate surface area is 492 Å².